The second-order valence-electron chi connectivity index (χ2n) is 4.32. The van der Waals surface area contributed by atoms with E-state index in [0.717, 1.165) is 5.75 Å². The van der Waals surface area contributed by atoms with Crippen molar-refractivity contribution in [3.05, 3.63) is 48.0 Å². The zero-order chi connectivity index (χ0) is 15.8. The zero-order valence-corrected chi connectivity index (χ0v) is 12.5. The molecule has 114 valence electrons. The van der Waals surface area contributed by atoms with Crippen LogP contribution >= 0.6 is 0 Å². The molecule has 5 heteroatoms. The predicted octanol–water partition coefficient (Wildman–Crippen LogP) is 3.03. The molecule has 0 saturated carbocycles. The van der Waals surface area contributed by atoms with Crippen molar-refractivity contribution in [2.24, 2.45) is 0 Å². The van der Waals surface area contributed by atoms with E-state index in [1.165, 1.54) is 7.11 Å². The van der Waals surface area contributed by atoms with Crippen molar-refractivity contribution in [3.8, 4) is 29.1 Å². The summed E-state index contributed by atoms with van der Waals surface area (Å²) < 4.78 is 21.5. The van der Waals surface area contributed by atoms with Gasteiger partial charge in [-0.2, -0.15) is 5.26 Å². The Bertz CT molecular complexity index is 664. The molecule has 5 nitrogen and oxygen atoms in total. The topological polar surface area (TPSA) is 60.7 Å². The standard InChI is InChI=1S/C17H17NO4/c1-19-14-6-4-7-15(11-14)21-9-10-22-17-13(12-18)5-3-8-16(17)20-2/h3-8,11H,9-10H2,1-2H3. The lowest BCUT2D eigenvalue weighted by molar-refractivity contribution is 0.210. The summed E-state index contributed by atoms with van der Waals surface area (Å²) in [5.74, 6) is 2.39. The highest BCUT2D eigenvalue weighted by Gasteiger charge is 2.10. The van der Waals surface area contributed by atoms with Crippen LogP contribution in [0, 0.1) is 11.3 Å². The van der Waals surface area contributed by atoms with E-state index < -0.39 is 0 Å². The Kier molecular flexibility index (Phi) is 5.50. The van der Waals surface area contributed by atoms with E-state index in [-0.39, 0.29) is 0 Å². The SMILES string of the molecule is COc1cccc(OCCOc2c(C#N)cccc2OC)c1. The lowest BCUT2D eigenvalue weighted by atomic mass is 10.2. The largest absolute Gasteiger partial charge is 0.497 e. The molecule has 0 aliphatic rings. The molecule has 0 amide bonds. The number of hydrogen-bond acceptors (Lipinski definition) is 5. The van der Waals surface area contributed by atoms with Crippen LogP contribution in [0.4, 0.5) is 0 Å². The van der Waals surface area contributed by atoms with Gasteiger partial charge in [-0.15, -0.1) is 0 Å². The van der Waals surface area contributed by atoms with Gasteiger partial charge in [-0.3, -0.25) is 0 Å². The van der Waals surface area contributed by atoms with E-state index in [1.54, 1.807) is 31.4 Å². The maximum Gasteiger partial charge on any atom is 0.179 e. The van der Waals surface area contributed by atoms with Crippen molar-refractivity contribution in [1.29, 1.82) is 5.26 Å². The summed E-state index contributed by atoms with van der Waals surface area (Å²) in [4.78, 5) is 0. The van der Waals surface area contributed by atoms with Crippen LogP contribution in [0.25, 0.3) is 0 Å². The molecule has 2 rings (SSSR count). The Hall–Kier alpha value is -2.87. The Morgan fingerprint density at radius 3 is 2.36 bits per heavy atom. The highest BCUT2D eigenvalue weighted by atomic mass is 16.5. The molecular formula is C17H17NO4. The molecular weight excluding hydrogens is 282 g/mol. The molecule has 0 radical (unpaired) electrons. The molecule has 0 fully saturated rings. The van der Waals surface area contributed by atoms with Crippen LogP contribution in [0.5, 0.6) is 23.0 Å². The Morgan fingerprint density at radius 2 is 1.64 bits per heavy atom. The fraction of sp³-hybridized carbons (Fsp3) is 0.235. The molecule has 0 unspecified atom stereocenters. The first-order valence-corrected chi connectivity index (χ1v) is 6.75. The van der Waals surface area contributed by atoms with E-state index in [2.05, 4.69) is 6.07 Å². The Labute approximate surface area is 129 Å². The molecule has 0 bridgehead atoms. The minimum atomic E-state index is 0.298. The van der Waals surface area contributed by atoms with E-state index >= 15 is 0 Å². The van der Waals surface area contributed by atoms with Gasteiger partial charge in [0.1, 0.15) is 30.8 Å². The van der Waals surface area contributed by atoms with Crippen molar-refractivity contribution < 1.29 is 18.9 Å². The van der Waals surface area contributed by atoms with Gasteiger partial charge in [-0.25, -0.2) is 0 Å². The second-order valence-corrected chi connectivity index (χ2v) is 4.32. The molecule has 22 heavy (non-hydrogen) atoms. The van der Waals surface area contributed by atoms with Gasteiger partial charge < -0.3 is 18.9 Å². The number of hydrogen-bond donors (Lipinski definition) is 0. The van der Waals surface area contributed by atoms with E-state index in [0.29, 0.717) is 36.0 Å². The van der Waals surface area contributed by atoms with Crippen LogP contribution in [-0.4, -0.2) is 27.4 Å². The van der Waals surface area contributed by atoms with Crippen LogP contribution in [0.15, 0.2) is 42.5 Å². The van der Waals surface area contributed by atoms with Gasteiger partial charge in [0, 0.05) is 6.07 Å². The monoisotopic (exact) mass is 299 g/mol. The van der Waals surface area contributed by atoms with Gasteiger partial charge in [0.25, 0.3) is 0 Å². The van der Waals surface area contributed by atoms with Crippen molar-refractivity contribution in [2.45, 2.75) is 0 Å². The van der Waals surface area contributed by atoms with Gasteiger partial charge >= 0.3 is 0 Å². The average molecular weight is 299 g/mol. The smallest absolute Gasteiger partial charge is 0.179 e. The summed E-state index contributed by atoms with van der Waals surface area (Å²) in [6.07, 6.45) is 0. The summed E-state index contributed by atoms with van der Waals surface area (Å²) in [5, 5.41) is 9.10. The highest BCUT2D eigenvalue weighted by Crippen LogP contribution is 2.30. The fourth-order valence-corrected chi connectivity index (χ4v) is 1.91. The van der Waals surface area contributed by atoms with Gasteiger partial charge in [0.05, 0.1) is 19.8 Å². The third kappa shape index (κ3) is 3.83. The van der Waals surface area contributed by atoms with Crippen LogP contribution in [0.1, 0.15) is 5.56 Å². The first-order chi connectivity index (χ1) is 10.8. The van der Waals surface area contributed by atoms with Crippen LogP contribution in [0.3, 0.4) is 0 Å². The quantitative estimate of drug-likeness (QED) is 0.735. The molecule has 0 atom stereocenters. The van der Waals surface area contributed by atoms with Crippen molar-refractivity contribution in [2.75, 3.05) is 27.4 Å². The molecule has 2 aromatic rings. The third-order valence-corrected chi connectivity index (χ3v) is 2.96. The van der Waals surface area contributed by atoms with Crippen molar-refractivity contribution >= 4 is 0 Å². The molecule has 0 N–H and O–H groups in total. The van der Waals surface area contributed by atoms with Crippen LogP contribution in [0.2, 0.25) is 0 Å². The maximum atomic E-state index is 9.10. The lowest BCUT2D eigenvalue weighted by Gasteiger charge is -2.12. The maximum absolute atomic E-state index is 9.10. The fourth-order valence-electron chi connectivity index (χ4n) is 1.91. The number of methoxy groups -OCH3 is 2. The summed E-state index contributed by atoms with van der Waals surface area (Å²) in [6.45, 7) is 0.641. The predicted molar refractivity (Wildman–Crippen MR) is 81.7 cm³/mol. The van der Waals surface area contributed by atoms with E-state index in [4.69, 9.17) is 24.2 Å². The van der Waals surface area contributed by atoms with Crippen LogP contribution in [-0.2, 0) is 0 Å². The van der Waals surface area contributed by atoms with Gasteiger partial charge in [-0.1, -0.05) is 12.1 Å². The molecule has 0 spiro atoms. The normalized spacial score (nSPS) is 9.68. The molecule has 0 aliphatic heterocycles. The summed E-state index contributed by atoms with van der Waals surface area (Å²) >= 11 is 0. The highest BCUT2D eigenvalue weighted by molar-refractivity contribution is 5.52. The number of rotatable bonds is 7. The second kappa shape index (κ2) is 7.79. The number of nitrogens with zero attached hydrogens (tertiary/aromatic N) is 1. The number of para-hydroxylation sites is 1. The van der Waals surface area contributed by atoms with E-state index in [1.807, 2.05) is 18.2 Å². The molecule has 0 aromatic heterocycles. The van der Waals surface area contributed by atoms with Crippen molar-refractivity contribution in [3.63, 3.8) is 0 Å². The van der Waals surface area contributed by atoms with Gasteiger partial charge in [0.15, 0.2) is 11.5 Å². The summed E-state index contributed by atoms with van der Waals surface area (Å²) in [5.41, 5.74) is 0.431. The number of nitriles is 1. The van der Waals surface area contributed by atoms with Gasteiger partial charge in [0.2, 0.25) is 0 Å². The number of ether oxygens (including phenoxy) is 4. The average Bonchev–Trinajstić information content (AvgIpc) is 2.58. The first-order valence-electron chi connectivity index (χ1n) is 6.75. The number of benzene rings is 2. The molecule has 0 heterocycles. The van der Waals surface area contributed by atoms with Gasteiger partial charge in [-0.05, 0) is 24.3 Å². The van der Waals surface area contributed by atoms with Crippen molar-refractivity contribution in [1.82, 2.24) is 0 Å². The zero-order valence-electron chi connectivity index (χ0n) is 12.5. The minimum Gasteiger partial charge on any atom is -0.497 e. The van der Waals surface area contributed by atoms with E-state index in [9.17, 15) is 0 Å². The third-order valence-electron chi connectivity index (χ3n) is 2.96. The Balaban J connectivity index is 1.93. The molecule has 2 aromatic carbocycles. The first kappa shape index (κ1) is 15.5. The van der Waals surface area contributed by atoms with Crippen LogP contribution < -0.4 is 18.9 Å². The molecule has 0 aliphatic carbocycles. The lowest BCUT2D eigenvalue weighted by Crippen LogP contribution is -2.10. The minimum absolute atomic E-state index is 0.298. The Morgan fingerprint density at radius 1 is 0.909 bits per heavy atom. The summed E-state index contributed by atoms with van der Waals surface area (Å²) in [7, 11) is 3.14. The molecule has 0 saturated heterocycles. The summed E-state index contributed by atoms with van der Waals surface area (Å²) in [6, 6.07) is 14.6.